The summed E-state index contributed by atoms with van der Waals surface area (Å²) < 4.78 is 0. The number of benzene rings is 2. The van der Waals surface area contributed by atoms with Gasteiger partial charge in [-0.15, -0.1) is 0 Å². The second-order valence-corrected chi connectivity index (χ2v) is 5.27. The molecule has 2 aromatic carbocycles. The molecule has 3 rings (SSSR count). The first kappa shape index (κ1) is 14.5. The molecule has 2 aromatic rings. The Morgan fingerprint density at radius 3 is 2.77 bits per heavy atom. The average molecular weight is 293 g/mol. The van der Waals surface area contributed by atoms with Gasteiger partial charge in [0.05, 0.1) is 0 Å². The molecular weight excluding hydrogens is 274 g/mol. The number of rotatable bonds is 4. The highest BCUT2D eigenvalue weighted by Gasteiger charge is 2.15. The fourth-order valence-corrected chi connectivity index (χ4v) is 2.49. The zero-order chi connectivity index (χ0) is 15.2. The highest BCUT2D eigenvalue weighted by Crippen LogP contribution is 2.21. The topological polar surface area (TPSA) is 53.2 Å². The first-order valence-electron chi connectivity index (χ1n) is 7.44. The minimum atomic E-state index is -0.126. The normalized spacial score (nSPS) is 17.7. The lowest BCUT2D eigenvalue weighted by atomic mass is 10.0. The molecule has 0 bridgehead atoms. The van der Waals surface area contributed by atoms with Gasteiger partial charge in [-0.05, 0) is 35.8 Å². The van der Waals surface area contributed by atoms with Crippen molar-refractivity contribution in [1.29, 1.82) is 0 Å². The maximum Gasteiger partial charge on any atom is 0.248 e. The lowest BCUT2D eigenvalue weighted by molar-refractivity contribution is -0.111. The highest BCUT2D eigenvalue weighted by molar-refractivity contribution is 6.01. The Balaban J connectivity index is 1.64. The molecule has 1 unspecified atom stereocenters. The van der Waals surface area contributed by atoms with E-state index in [0.29, 0.717) is 6.04 Å². The molecule has 0 saturated carbocycles. The van der Waals surface area contributed by atoms with E-state index >= 15 is 0 Å². The maximum atomic E-state index is 12.0. The Hall–Kier alpha value is -2.43. The summed E-state index contributed by atoms with van der Waals surface area (Å²) in [4.78, 5) is 12.0. The van der Waals surface area contributed by atoms with Crippen LogP contribution >= 0.6 is 0 Å². The van der Waals surface area contributed by atoms with Crippen LogP contribution in [0.2, 0.25) is 0 Å². The van der Waals surface area contributed by atoms with Crippen molar-refractivity contribution >= 4 is 17.7 Å². The molecule has 0 aromatic heterocycles. The van der Waals surface area contributed by atoms with Crippen LogP contribution in [0, 0.1) is 0 Å². The van der Waals surface area contributed by atoms with Crippen molar-refractivity contribution in [2.24, 2.45) is 0 Å². The molecule has 0 radical (unpaired) electrons. The highest BCUT2D eigenvalue weighted by atomic mass is 16.1. The number of hydrazine groups is 1. The van der Waals surface area contributed by atoms with Gasteiger partial charge in [-0.2, -0.15) is 0 Å². The van der Waals surface area contributed by atoms with Gasteiger partial charge < -0.3 is 5.32 Å². The molecule has 4 heteroatoms. The summed E-state index contributed by atoms with van der Waals surface area (Å²) in [6, 6.07) is 18.0. The van der Waals surface area contributed by atoms with Gasteiger partial charge in [-0.1, -0.05) is 42.5 Å². The molecule has 22 heavy (non-hydrogen) atoms. The predicted molar refractivity (Wildman–Crippen MR) is 89.0 cm³/mol. The zero-order valence-electron chi connectivity index (χ0n) is 12.3. The molecule has 1 atom stereocenters. The van der Waals surface area contributed by atoms with Crippen LogP contribution in [-0.4, -0.2) is 12.5 Å². The number of hydrogen-bond donors (Lipinski definition) is 3. The predicted octanol–water partition coefficient (Wildman–Crippen LogP) is 2.88. The lowest BCUT2D eigenvalue weighted by Crippen LogP contribution is -2.24. The Morgan fingerprint density at radius 1 is 1.14 bits per heavy atom. The van der Waals surface area contributed by atoms with Crippen molar-refractivity contribution in [3.63, 3.8) is 0 Å². The van der Waals surface area contributed by atoms with Crippen LogP contribution < -0.4 is 16.2 Å². The van der Waals surface area contributed by atoms with Crippen LogP contribution in [0.25, 0.3) is 6.08 Å². The van der Waals surface area contributed by atoms with Gasteiger partial charge in [-0.25, -0.2) is 0 Å². The number of anilines is 1. The van der Waals surface area contributed by atoms with Gasteiger partial charge >= 0.3 is 0 Å². The summed E-state index contributed by atoms with van der Waals surface area (Å²) in [5, 5.41) is 2.90. The van der Waals surface area contributed by atoms with Crippen molar-refractivity contribution < 1.29 is 4.79 Å². The Morgan fingerprint density at radius 2 is 2.00 bits per heavy atom. The Kier molecular flexibility index (Phi) is 4.63. The number of nitrogens with one attached hydrogen (secondary N) is 3. The van der Waals surface area contributed by atoms with Crippen LogP contribution in [0.5, 0.6) is 0 Å². The van der Waals surface area contributed by atoms with Crippen molar-refractivity contribution in [3.05, 3.63) is 71.8 Å². The Labute approximate surface area is 130 Å². The van der Waals surface area contributed by atoms with Gasteiger partial charge in [0, 0.05) is 24.4 Å². The van der Waals surface area contributed by atoms with Gasteiger partial charge in [0.1, 0.15) is 0 Å². The van der Waals surface area contributed by atoms with E-state index in [1.165, 1.54) is 5.56 Å². The van der Waals surface area contributed by atoms with E-state index in [9.17, 15) is 4.79 Å². The van der Waals surface area contributed by atoms with Crippen LogP contribution in [0.4, 0.5) is 5.69 Å². The molecule has 112 valence electrons. The second kappa shape index (κ2) is 7.02. The minimum Gasteiger partial charge on any atom is -0.323 e. The molecule has 1 heterocycles. The smallest absolute Gasteiger partial charge is 0.248 e. The van der Waals surface area contributed by atoms with E-state index in [-0.39, 0.29) is 5.91 Å². The average Bonchev–Trinajstić information content (AvgIpc) is 3.09. The van der Waals surface area contributed by atoms with E-state index in [1.54, 1.807) is 6.08 Å². The summed E-state index contributed by atoms with van der Waals surface area (Å²) in [5.74, 6) is -0.126. The summed E-state index contributed by atoms with van der Waals surface area (Å²) in [5.41, 5.74) is 9.34. The lowest BCUT2D eigenvalue weighted by Gasteiger charge is -2.11. The Bertz CT molecular complexity index is 661. The summed E-state index contributed by atoms with van der Waals surface area (Å²) >= 11 is 0. The molecule has 1 fully saturated rings. The number of carbonyl (C=O) groups is 1. The van der Waals surface area contributed by atoms with Gasteiger partial charge in [-0.3, -0.25) is 15.6 Å². The third-order valence-corrected chi connectivity index (χ3v) is 3.62. The van der Waals surface area contributed by atoms with E-state index in [4.69, 9.17) is 0 Å². The fraction of sp³-hybridized carbons (Fsp3) is 0.167. The molecule has 1 aliphatic rings. The third kappa shape index (κ3) is 3.81. The summed E-state index contributed by atoms with van der Waals surface area (Å²) in [6.45, 7) is 0.959. The first-order valence-corrected chi connectivity index (χ1v) is 7.44. The third-order valence-electron chi connectivity index (χ3n) is 3.62. The second-order valence-electron chi connectivity index (χ2n) is 5.27. The molecule has 0 spiro atoms. The molecule has 4 nitrogen and oxygen atoms in total. The van der Waals surface area contributed by atoms with Crippen molar-refractivity contribution in [3.8, 4) is 0 Å². The fourth-order valence-electron chi connectivity index (χ4n) is 2.49. The molecular formula is C18H19N3O. The molecule has 0 aliphatic carbocycles. The zero-order valence-corrected chi connectivity index (χ0v) is 12.3. The monoisotopic (exact) mass is 293 g/mol. The molecule has 1 saturated heterocycles. The quantitative estimate of drug-likeness (QED) is 0.760. The minimum absolute atomic E-state index is 0.126. The number of amides is 1. The summed E-state index contributed by atoms with van der Waals surface area (Å²) in [7, 11) is 0. The SMILES string of the molecule is O=C(/C=C/c1ccccc1)Nc1cccc(C2CCNN2)c1. The molecule has 1 aliphatic heterocycles. The van der Waals surface area contributed by atoms with Gasteiger partial charge in [0.25, 0.3) is 0 Å². The number of carbonyl (C=O) groups excluding carboxylic acids is 1. The van der Waals surface area contributed by atoms with Crippen molar-refractivity contribution in [2.45, 2.75) is 12.5 Å². The first-order chi connectivity index (χ1) is 10.8. The van der Waals surface area contributed by atoms with E-state index < -0.39 is 0 Å². The van der Waals surface area contributed by atoms with Crippen LogP contribution in [0.1, 0.15) is 23.6 Å². The van der Waals surface area contributed by atoms with Crippen molar-refractivity contribution in [1.82, 2.24) is 10.9 Å². The van der Waals surface area contributed by atoms with E-state index in [2.05, 4.69) is 22.2 Å². The molecule has 3 N–H and O–H groups in total. The van der Waals surface area contributed by atoms with Crippen LogP contribution in [0.3, 0.4) is 0 Å². The van der Waals surface area contributed by atoms with E-state index in [1.807, 2.05) is 54.6 Å². The van der Waals surface area contributed by atoms with Gasteiger partial charge in [0.15, 0.2) is 0 Å². The van der Waals surface area contributed by atoms with Crippen LogP contribution in [0.15, 0.2) is 60.7 Å². The largest absolute Gasteiger partial charge is 0.323 e. The number of hydrogen-bond acceptors (Lipinski definition) is 3. The van der Waals surface area contributed by atoms with Gasteiger partial charge in [0.2, 0.25) is 5.91 Å². The van der Waals surface area contributed by atoms with Crippen LogP contribution in [-0.2, 0) is 4.79 Å². The summed E-state index contributed by atoms with van der Waals surface area (Å²) in [6.07, 6.45) is 4.41. The molecule has 1 amide bonds. The maximum absolute atomic E-state index is 12.0. The van der Waals surface area contributed by atoms with E-state index in [0.717, 1.165) is 24.2 Å². The van der Waals surface area contributed by atoms with Crippen molar-refractivity contribution in [2.75, 3.05) is 11.9 Å². The standard InChI is InChI=1S/C18H19N3O/c22-18(10-9-14-5-2-1-3-6-14)20-16-8-4-7-15(13-16)17-11-12-19-21-17/h1-10,13,17,19,21H,11-12H2,(H,20,22)/b10-9+.